The zero-order valence-corrected chi connectivity index (χ0v) is 19.4. The largest absolute Gasteiger partial charge is 0.324 e. The highest BCUT2D eigenvalue weighted by Crippen LogP contribution is 2.26. The zero-order chi connectivity index (χ0) is 24.0. The van der Waals surface area contributed by atoms with Crippen LogP contribution in [-0.4, -0.2) is 41.1 Å². The minimum absolute atomic E-state index is 0.139. The summed E-state index contributed by atoms with van der Waals surface area (Å²) in [4.78, 5) is 36.7. The predicted octanol–water partition coefficient (Wildman–Crippen LogP) is 2.59. The highest BCUT2D eigenvalue weighted by Gasteiger charge is 2.20. The summed E-state index contributed by atoms with van der Waals surface area (Å²) in [6.45, 7) is 9.60. The lowest BCUT2D eigenvalue weighted by atomic mass is 10.1. The first-order chi connectivity index (χ1) is 16.4. The Morgan fingerprint density at radius 1 is 1.15 bits per heavy atom. The van der Waals surface area contributed by atoms with E-state index in [0.29, 0.717) is 22.8 Å². The van der Waals surface area contributed by atoms with Gasteiger partial charge in [-0.2, -0.15) is 4.98 Å². The second kappa shape index (κ2) is 8.38. The summed E-state index contributed by atoms with van der Waals surface area (Å²) in [7, 11) is 2.09. The Labute approximate surface area is 195 Å². The van der Waals surface area contributed by atoms with Gasteiger partial charge in [-0.15, -0.1) is 11.7 Å². The Bertz CT molecular complexity index is 1530. The molecule has 10 nitrogen and oxygen atoms in total. The summed E-state index contributed by atoms with van der Waals surface area (Å²) in [5.41, 5.74) is 3.37. The molecule has 0 amide bonds. The van der Waals surface area contributed by atoms with Crippen molar-refractivity contribution in [2.24, 2.45) is 0 Å². The van der Waals surface area contributed by atoms with Crippen LogP contribution in [0.25, 0.3) is 16.9 Å². The molecular formula is C24H26N8O2. The van der Waals surface area contributed by atoms with Crippen LogP contribution in [0.15, 0.2) is 58.8 Å². The molecule has 4 aromatic rings. The topological polar surface area (TPSA) is 103 Å². The molecule has 0 radical (unpaired) electrons. The number of allylic oxidation sites excluding steroid dienone is 1. The lowest BCUT2D eigenvalue weighted by Gasteiger charge is -2.14. The summed E-state index contributed by atoms with van der Waals surface area (Å²) in [6, 6.07) is 9.10. The minimum atomic E-state index is -0.258. The molecule has 0 saturated carbocycles. The van der Waals surface area contributed by atoms with Crippen LogP contribution in [0.2, 0.25) is 0 Å². The lowest BCUT2D eigenvalue weighted by molar-refractivity contribution is 0.353. The van der Waals surface area contributed by atoms with Crippen LogP contribution in [0.1, 0.15) is 31.0 Å². The highest BCUT2D eigenvalue weighted by molar-refractivity contribution is 5.77. The van der Waals surface area contributed by atoms with Gasteiger partial charge in [-0.1, -0.05) is 12.1 Å². The molecule has 0 atom stereocenters. The number of anilines is 2. The molecule has 3 aromatic heterocycles. The van der Waals surface area contributed by atoms with Crippen LogP contribution < -0.4 is 16.4 Å². The van der Waals surface area contributed by atoms with Crippen molar-refractivity contribution in [1.29, 1.82) is 0 Å². The zero-order valence-electron chi connectivity index (χ0n) is 19.4. The van der Waals surface area contributed by atoms with E-state index in [2.05, 4.69) is 51.0 Å². The van der Waals surface area contributed by atoms with E-state index < -0.39 is 0 Å². The van der Waals surface area contributed by atoms with Crippen molar-refractivity contribution < 1.29 is 0 Å². The quantitative estimate of drug-likeness (QED) is 0.443. The Balaban J connectivity index is 1.63. The summed E-state index contributed by atoms with van der Waals surface area (Å²) in [6.07, 6.45) is 3.14. The Kier molecular flexibility index (Phi) is 5.37. The molecule has 34 heavy (non-hydrogen) atoms. The van der Waals surface area contributed by atoms with Gasteiger partial charge in [-0.05, 0) is 50.2 Å². The van der Waals surface area contributed by atoms with Gasteiger partial charge in [-0.25, -0.2) is 19.0 Å². The lowest BCUT2D eigenvalue weighted by Crippen LogP contribution is -2.28. The second-order valence-electron chi connectivity index (χ2n) is 8.77. The number of nitrogens with one attached hydrogen (secondary N) is 1. The first-order valence-electron chi connectivity index (χ1n) is 11.1. The smallest absolute Gasteiger partial charge is 0.278 e. The molecule has 1 aliphatic rings. The summed E-state index contributed by atoms with van der Waals surface area (Å²) >= 11 is 0. The average molecular weight is 459 g/mol. The van der Waals surface area contributed by atoms with Crippen LogP contribution in [0, 0.1) is 0 Å². The Morgan fingerprint density at radius 2 is 1.94 bits per heavy atom. The SMILES string of the molecule is C=CCn1c(=O)c2cnc(Nc3ccc4c(c3)CN(C)C4)nc2n1-c1ccc(=O)n(C(C)C)n1. The van der Waals surface area contributed by atoms with Crippen molar-refractivity contribution in [3.05, 3.63) is 81.0 Å². The maximum absolute atomic E-state index is 13.1. The molecule has 0 aliphatic carbocycles. The minimum Gasteiger partial charge on any atom is -0.324 e. The fourth-order valence-electron chi connectivity index (χ4n) is 4.28. The second-order valence-corrected chi connectivity index (χ2v) is 8.77. The first-order valence-corrected chi connectivity index (χ1v) is 11.1. The maximum Gasteiger partial charge on any atom is 0.278 e. The summed E-state index contributed by atoms with van der Waals surface area (Å²) in [5.74, 6) is 0.771. The molecule has 4 heterocycles. The monoisotopic (exact) mass is 458 g/mol. The van der Waals surface area contributed by atoms with Crippen molar-refractivity contribution >= 4 is 22.7 Å². The number of nitrogens with zero attached hydrogens (tertiary/aromatic N) is 7. The molecule has 0 bridgehead atoms. The number of benzene rings is 1. The molecule has 10 heteroatoms. The van der Waals surface area contributed by atoms with Gasteiger partial charge in [0, 0.05) is 31.0 Å². The Morgan fingerprint density at radius 3 is 2.71 bits per heavy atom. The van der Waals surface area contributed by atoms with Crippen LogP contribution in [0.3, 0.4) is 0 Å². The van der Waals surface area contributed by atoms with E-state index in [-0.39, 0.29) is 23.7 Å². The van der Waals surface area contributed by atoms with Crippen molar-refractivity contribution in [3.8, 4) is 5.82 Å². The third-order valence-corrected chi connectivity index (χ3v) is 5.84. The molecule has 0 unspecified atom stereocenters. The van der Waals surface area contributed by atoms with Crippen molar-refractivity contribution in [1.82, 2.24) is 34.0 Å². The molecule has 1 aromatic carbocycles. The molecule has 0 saturated heterocycles. The fraction of sp³-hybridized carbons (Fsp3) is 0.292. The molecule has 0 spiro atoms. The first kappa shape index (κ1) is 21.8. The van der Waals surface area contributed by atoms with Crippen LogP contribution >= 0.6 is 0 Å². The molecule has 1 aliphatic heterocycles. The van der Waals surface area contributed by atoms with E-state index in [1.54, 1.807) is 16.8 Å². The normalized spacial score (nSPS) is 13.5. The van der Waals surface area contributed by atoms with Gasteiger partial charge in [0.05, 0.1) is 12.6 Å². The summed E-state index contributed by atoms with van der Waals surface area (Å²) < 4.78 is 4.48. The molecule has 0 fully saturated rings. The number of rotatable bonds is 6. The third kappa shape index (κ3) is 3.71. The standard InChI is InChI=1S/C24H26N8O2/c1-5-10-30-23(34)19-12-25-24(26-18-7-6-16-13-29(4)14-17(16)11-18)27-22(19)32(30)20-8-9-21(33)31(28-20)15(2)3/h5-9,11-12,15H,1,10,13-14H2,2-4H3,(H,25,26,27). The summed E-state index contributed by atoms with van der Waals surface area (Å²) in [5, 5.41) is 8.11. The van der Waals surface area contributed by atoms with Crippen molar-refractivity contribution in [2.75, 3.05) is 12.4 Å². The van der Waals surface area contributed by atoms with Gasteiger partial charge >= 0.3 is 0 Å². The van der Waals surface area contributed by atoms with Gasteiger partial charge in [0.1, 0.15) is 5.39 Å². The van der Waals surface area contributed by atoms with Gasteiger partial charge in [0.25, 0.3) is 11.1 Å². The molecule has 174 valence electrons. The highest BCUT2D eigenvalue weighted by atomic mass is 16.1. The van der Waals surface area contributed by atoms with Crippen molar-refractivity contribution in [2.45, 2.75) is 39.5 Å². The molecule has 1 N–H and O–H groups in total. The van der Waals surface area contributed by atoms with Gasteiger partial charge in [0.2, 0.25) is 5.95 Å². The number of hydrogen-bond donors (Lipinski definition) is 1. The number of aromatic nitrogens is 6. The fourth-order valence-corrected chi connectivity index (χ4v) is 4.28. The van der Waals surface area contributed by atoms with E-state index in [9.17, 15) is 9.59 Å². The third-order valence-electron chi connectivity index (χ3n) is 5.84. The van der Waals surface area contributed by atoms with Crippen LogP contribution in [0.4, 0.5) is 11.6 Å². The molecular weight excluding hydrogens is 432 g/mol. The predicted molar refractivity (Wildman–Crippen MR) is 131 cm³/mol. The van der Waals surface area contributed by atoms with E-state index in [4.69, 9.17) is 0 Å². The number of fused-ring (bicyclic) bond motifs is 2. The van der Waals surface area contributed by atoms with E-state index in [0.717, 1.165) is 18.8 Å². The average Bonchev–Trinajstić information content (AvgIpc) is 3.30. The number of hydrogen-bond acceptors (Lipinski definition) is 7. The van der Waals surface area contributed by atoms with Crippen LogP contribution in [-0.2, 0) is 19.6 Å². The van der Waals surface area contributed by atoms with Gasteiger partial charge in [-0.3, -0.25) is 14.5 Å². The van der Waals surface area contributed by atoms with Crippen molar-refractivity contribution in [3.63, 3.8) is 0 Å². The van der Waals surface area contributed by atoms with Gasteiger partial charge < -0.3 is 5.32 Å². The van der Waals surface area contributed by atoms with Crippen LogP contribution in [0.5, 0.6) is 0 Å². The van der Waals surface area contributed by atoms with Gasteiger partial charge in [0.15, 0.2) is 11.5 Å². The van der Waals surface area contributed by atoms with E-state index in [1.165, 1.54) is 32.8 Å². The maximum atomic E-state index is 13.1. The van der Waals surface area contributed by atoms with E-state index in [1.807, 2.05) is 19.9 Å². The molecule has 5 rings (SSSR count). The Hall–Kier alpha value is -4.05. The van der Waals surface area contributed by atoms with E-state index >= 15 is 0 Å².